The minimum atomic E-state index is -5.77. The highest BCUT2D eigenvalue weighted by molar-refractivity contribution is 6.25. The van der Waals surface area contributed by atoms with Crippen molar-refractivity contribution in [2.24, 2.45) is 0 Å². The maximum absolute atomic E-state index is 15.2. The number of halogens is 14. The Morgan fingerprint density at radius 2 is 0.898 bits per heavy atom. The molecule has 0 heterocycles. The number of rotatable bonds is 2. The average molecular weight is 698 g/mol. The topological polar surface area (TPSA) is 0 Å². The summed E-state index contributed by atoms with van der Waals surface area (Å²) in [6, 6.07) is 8.61. The Labute approximate surface area is 264 Å². The van der Waals surface area contributed by atoms with Crippen molar-refractivity contribution in [3.05, 3.63) is 123 Å². The van der Waals surface area contributed by atoms with Gasteiger partial charge in [-0.3, -0.25) is 0 Å². The third-order valence-electron chi connectivity index (χ3n) is 8.56. The van der Waals surface area contributed by atoms with Gasteiger partial charge in [-0.25, -0.2) is 35.1 Å². The van der Waals surface area contributed by atoms with Crippen molar-refractivity contribution in [3.8, 4) is 22.3 Å². The molecule has 1 aliphatic carbocycles. The molecule has 0 aromatic heterocycles. The quantitative estimate of drug-likeness (QED) is 0.0731. The van der Waals surface area contributed by atoms with Gasteiger partial charge >= 0.3 is 12.4 Å². The van der Waals surface area contributed by atoms with Crippen molar-refractivity contribution in [3.63, 3.8) is 0 Å². The molecule has 0 amide bonds. The Bertz CT molecular complexity index is 2460. The summed E-state index contributed by atoms with van der Waals surface area (Å²) >= 11 is 0. The standard InChI is InChI=1S/C35H12F14/c36-26-22(27(37)31(41)24(30(26)40)34(44,45)46)18-10-8-16-17-9-11-19(23-28(38)32(42)25(35(47,48)49)33(43)29(23)39)15-7-3-6-14(21(15)17)12-4-1-2-5-13(18)20(12)16/h1-4,6-11H,5H2. The van der Waals surface area contributed by atoms with E-state index in [1.165, 1.54) is 48.6 Å². The molecule has 0 bridgehead atoms. The Morgan fingerprint density at radius 1 is 0.449 bits per heavy atom. The Kier molecular flexibility index (Phi) is 7.06. The van der Waals surface area contributed by atoms with Crippen LogP contribution in [0.4, 0.5) is 61.5 Å². The predicted molar refractivity (Wildman–Crippen MR) is 152 cm³/mol. The molecule has 0 radical (unpaired) electrons. The molecule has 0 atom stereocenters. The fraction of sp³-hybridized carbons (Fsp3) is 0.0857. The summed E-state index contributed by atoms with van der Waals surface area (Å²) in [5.41, 5.74) is -9.27. The number of allylic oxidation sites excluding steroid dienone is 2. The molecular formula is C35H12F14. The summed E-state index contributed by atoms with van der Waals surface area (Å²) in [7, 11) is 0. The summed E-state index contributed by atoms with van der Waals surface area (Å²) in [6.07, 6.45) is -7.21. The van der Waals surface area contributed by atoms with E-state index in [9.17, 15) is 43.9 Å². The van der Waals surface area contributed by atoms with E-state index in [2.05, 4.69) is 0 Å². The van der Waals surface area contributed by atoms with Crippen LogP contribution in [0.3, 0.4) is 0 Å². The van der Waals surface area contributed by atoms with E-state index in [1.807, 2.05) is 0 Å². The second kappa shape index (κ2) is 10.7. The SMILES string of the molecule is Fc1c(F)c(C(F)(F)F)c(F)c(F)c1-c1ccc2c3c1CC=CC=c3c1cccc3c(-c4c(F)c(F)c(C(F)(F)F)c(F)c4F)ccc2c31. The minimum Gasteiger partial charge on any atom is -0.203 e. The van der Waals surface area contributed by atoms with E-state index in [0.717, 1.165) is 12.1 Å². The van der Waals surface area contributed by atoms with Crippen LogP contribution in [-0.2, 0) is 18.8 Å². The number of alkyl halides is 6. The Hall–Kier alpha value is -5.14. The third-order valence-corrected chi connectivity index (χ3v) is 8.56. The van der Waals surface area contributed by atoms with Gasteiger partial charge in [0, 0.05) is 0 Å². The molecule has 6 aromatic rings. The molecule has 7 rings (SSSR count). The lowest BCUT2D eigenvalue weighted by Crippen LogP contribution is -2.16. The van der Waals surface area contributed by atoms with E-state index in [-0.39, 0.29) is 49.5 Å². The molecule has 49 heavy (non-hydrogen) atoms. The fourth-order valence-corrected chi connectivity index (χ4v) is 6.59. The zero-order valence-corrected chi connectivity index (χ0v) is 23.8. The van der Waals surface area contributed by atoms with Crippen LogP contribution < -0.4 is 5.22 Å². The van der Waals surface area contributed by atoms with Crippen LogP contribution in [0, 0.1) is 46.5 Å². The largest absolute Gasteiger partial charge is 0.422 e. The fourth-order valence-electron chi connectivity index (χ4n) is 6.59. The van der Waals surface area contributed by atoms with Gasteiger partial charge in [0.15, 0.2) is 46.5 Å². The van der Waals surface area contributed by atoms with Crippen LogP contribution in [0.5, 0.6) is 0 Å². The molecule has 250 valence electrons. The van der Waals surface area contributed by atoms with Gasteiger partial charge in [0.2, 0.25) is 0 Å². The first-order chi connectivity index (χ1) is 23.0. The first kappa shape index (κ1) is 32.4. The second-order valence-electron chi connectivity index (χ2n) is 11.1. The van der Waals surface area contributed by atoms with Gasteiger partial charge in [0.25, 0.3) is 0 Å². The van der Waals surface area contributed by atoms with E-state index < -0.39 is 92.3 Å². The number of hydrogen-bond donors (Lipinski definition) is 0. The van der Waals surface area contributed by atoms with Gasteiger partial charge in [0.05, 0.1) is 11.1 Å². The van der Waals surface area contributed by atoms with Gasteiger partial charge in [-0.05, 0) is 60.6 Å². The first-order valence-electron chi connectivity index (χ1n) is 13.9. The third kappa shape index (κ3) is 4.52. The van der Waals surface area contributed by atoms with Gasteiger partial charge in [-0.2, -0.15) is 26.3 Å². The lowest BCUT2D eigenvalue weighted by Gasteiger charge is -2.20. The van der Waals surface area contributed by atoms with Crippen molar-refractivity contribution in [2.75, 3.05) is 0 Å². The van der Waals surface area contributed by atoms with Crippen LogP contribution in [0.1, 0.15) is 16.7 Å². The molecule has 0 N–H and O–H groups in total. The predicted octanol–water partition coefficient (Wildman–Crippen LogP) is 11.2. The average Bonchev–Trinajstić information content (AvgIpc) is 3.25. The highest BCUT2D eigenvalue weighted by atomic mass is 19.4. The van der Waals surface area contributed by atoms with Gasteiger partial charge in [-0.1, -0.05) is 60.7 Å². The molecule has 6 aromatic carbocycles. The summed E-state index contributed by atoms with van der Waals surface area (Å²) in [5.74, 6) is -19.8. The molecule has 0 saturated carbocycles. The molecule has 0 nitrogen and oxygen atoms in total. The zero-order valence-electron chi connectivity index (χ0n) is 23.8. The highest BCUT2D eigenvalue weighted by Crippen LogP contribution is 2.46. The summed E-state index contributed by atoms with van der Waals surface area (Å²) in [5, 5.41) is 1.39. The first-order valence-corrected chi connectivity index (χ1v) is 13.9. The molecule has 0 spiro atoms. The van der Waals surface area contributed by atoms with Crippen molar-refractivity contribution < 1.29 is 61.5 Å². The van der Waals surface area contributed by atoms with E-state index >= 15 is 17.6 Å². The number of fused-ring (bicyclic) bond motifs is 2. The van der Waals surface area contributed by atoms with Crippen molar-refractivity contribution in [1.82, 2.24) is 0 Å². The van der Waals surface area contributed by atoms with Gasteiger partial charge in [0.1, 0.15) is 11.1 Å². The van der Waals surface area contributed by atoms with Crippen LogP contribution in [0.25, 0.3) is 60.6 Å². The maximum atomic E-state index is 15.2. The molecular weight excluding hydrogens is 686 g/mol. The van der Waals surface area contributed by atoms with Crippen molar-refractivity contribution >= 4 is 38.4 Å². The second-order valence-corrected chi connectivity index (χ2v) is 11.1. The maximum Gasteiger partial charge on any atom is 0.422 e. The van der Waals surface area contributed by atoms with Gasteiger partial charge < -0.3 is 0 Å². The smallest absolute Gasteiger partial charge is 0.203 e. The highest BCUT2D eigenvalue weighted by Gasteiger charge is 2.44. The molecule has 0 saturated heterocycles. The summed E-state index contributed by atoms with van der Waals surface area (Å²) in [4.78, 5) is 0. The normalized spacial score (nSPS) is 13.5. The van der Waals surface area contributed by atoms with Crippen molar-refractivity contribution in [2.45, 2.75) is 18.8 Å². The summed E-state index contributed by atoms with van der Waals surface area (Å²) in [6.45, 7) is 0. The monoisotopic (exact) mass is 698 g/mol. The van der Waals surface area contributed by atoms with Crippen LogP contribution in [-0.4, -0.2) is 0 Å². The van der Waals surface area contributed by atoms with E-state index in [1.54, 1.807) is 0 Å². The lowest BCUT2D eigenvalue weighted by molar-refractivity contribution is -0.144. The van der Waals surface area contributed by atoms with Crippen molar-refractivity contribution in [1.29, 1.82) is 0 Å². The van der Waals surface area contributed by atoms with Crippen LogP contribution >= 0.6 is 0 Å². The number of benzene rings is 6. The molecule has 0 fully saturated rings. The molecule has 0 aliphatic heterocycles. The Balaban J connectivity index is 1.58. The molecule has 0 unspecified atom stereocenters. The minimum absolute atomic E-state index is 0.0320. The van der Waals surface area contributed by atoms with Crippen LogP contribution in [0.2, 0.25) is 0 Å². The van der Waals surface area contributed by atoms with E-state index in [4.69, 9.17) is 0 Å². The van der Waals surface area contributed by atoms with E-state index in [0.29, 0.717) is 0 Å². The Morgan fingerprint density at radius 3 is 1.41 bits per heavy atom. The molecule has 14 heteroatoms. The summed E-state index contributed by atoms with van der Waals surface area (Å²) < 4.78 is 199. The molecule has 1 aliphatic rings. The number of hydrogen-bond acceptors (Lipinski definition) is 0. The van der Waals surface area contributed by atoms with Crippen LogP contribution in [0.15, 0.2) is 54.6 Å². The zero-order chi connectivity index (χ0) is 35.5. The van der Waals surface area contributed by atoms with Gasteiger partial charge in [-0.15, -0.1) is 0 Å². The lowest BCUT2D eigenvalue weighted by atomic mass is 9.85.